The van der Waals surface area contributed by atoms with Gasteiger partial charge in [0.05, 0.1) is 0 Å². The van der Waals surface area contributed by atoms with Crippen molar-refractivity contribution in [1.29, 1.82) is 0 Å². The summed E-state index contributed by atoms with van der Waals surface area (Å²) in [7, 11) is 0. The zero-order valence-electron chi connectivity index (χ0n) is 9.60. The van der Waals surface area contributed by atoms with E-state index in [1.54, 1.807) is 0 Å². The number of ether oxygens (including phenoxy) is 1. The number of aliphatic hydroxyl groups excluding tert-OH is 1. The predicted molar refractivity (Wildman–Crippen MR) is 64.5 cm³/mol. The number of hydrogen-bond acceptors (Lipinski definition) is 4. The van der Waals surface area contributed by atoms with Crippen LogP contribution < -0.4 is 15.8 Å². The highest BCUT2D eigenvalue weighted by Crippen LogP contribution is 2.08. The van der Waals surface area contributed by atoms with Crippen LogP contribution in [0.3, 0.4) is 0 Å². The van der Waals surface area contributed by atoms with Crippen LogP contribution in [0.15, 0.2) is 30.3 Å². The van der Waals surface area contributed by atoms with Gasteiger partial charge in [0.2, 0.25) is 0 Å². The van der Waals surface area contributed by atoms with Crippen molar-refractivity contribution in [3.05, 3.63) is 30.3 Å². The minimum absolute atomic E-state index is 0.0993. The van der Waals surface area contributed by atoms with Gasteiger partial charge in [-0.15, -0.1) is 0 Å². The van der Waals surface area contributed by atoms with E-state index in [1.807, 2.05) is 37.3 Å². The summed E-state index contributed by atoms with van der Waals surface area (Å²) in [5, 5.41) is 12.7. The molecule has 1 aromatic carbocycles. The summed E-state index contributed by atoms with van der Waals surface area (Å²) in [6.45, 7) is 3.40. The van der Waals surface area contributed by atoms with E-state index in [9.17, 15) is 5.11 Å². The third-order valence-corrected chi connectivity index (χ3v) is 2.03. The second-order valence-corrected chi connectivity index (χ2v) is 3.91. The molecular formula is C12H20N2O2. The molecule has 0 aromatic heterocycles. The molecule has 0 aliphatic heterocycles. The van der Waals surface area contributed by atoms with Gasteiger partial charge in [-0.3, -0.25) is 0 Å². The molecule has 4 nitrogen and oxygen atoms in total. The van der Waals surface area contributed by atoms with Crippen molar-refractivity contribution in [3.63, 3.8) is 0 Å². The molecule has 0 fully saturated rings. The summed E-state index contributed by atoms with van der Waals surface area (Å²) < 4.78 is 5.40. The second-order valence-electron chi connectivity index (χ2n) is 3.91. The molecule has 0 saturated carbocycles. The molecule has 0 saturated heterocycles. The first-order chi connectivity index (χ1) is 7.68. The van der Waals surface area contributed by atoms with Gasteiger partial charge in [-0.1, -0.05) is 18.2 Å². The van der Waals surface area contributed by atoms with Gasteiger partial charge in [-0.2, -0.15) is 0 Å². The average molecular weight is 224 g/mol. The summed E-state index contributed by atoms with van der Waals surface area (Å²) in [6.07, 6.45) is -0.515. The highest BCUT2D eigenvalue weighted by Gasteiger charge is 2.04. The number of aliphatic hydroxyl groups is 1. The zero-order valence-corrected chi connectivity index (χ0v) is 9.60. The van der Waals surface area contributed by atoms with Crippen molar-refractivity contribution < 1.29 is 9.84 Å². The summed E-state index contributed by atoms with van der Waals surface area (Å²) in [5.41, 5.74) is 5.57. The Morgan fingerprint density at radius 2 is 2.00 bits per heavy atom. The maximum Gasteiger partial charge on any atom is 0.119 e. The van der Waals surface area contributed by atoms with Crippen LogP contribution in [0.25, 0.3) is 0 Å². The largest absolute Gasteiger partial charge is 0.491 e. The van der Waals surface area contributed by atoms with E-state index < -0.39 is 6.10 Å². The maximum atomic E-state index is 9.60. The van der Waals surface area contributed by atoms with Gasteiger partial charge in [0.15, 0.2) is 0 Å². The second kappa shape index (κ2) is 7.22. The summed E-state index contributed by atoms with van der Waals surface area (Å²) in [5.74, 6) is 0.772. The number of benzene rings is 1. The summed E-state index contributed by atoms with van der Waals surface area (Å²) in [6, 6.07) is 9.55. The molecule has 0 amide bonds. The lowest BCUT2D eigenvalue weighted by Gasteiger charge is -2.14. The van der Waals surface area contributed by atoms with Crippen molar-refractivity contribution in [2.75, 3.05) is 19.7 Å². The Bertz CT molecular complexity index is 278. The van der Waals surface area contributed by atoms with Gasteiger partial charge >= 0.3 is 0 Å². The molecule has 4 heteroatoms. The molecule has 0 aliphatic rings. The first kappa shape index (κ1) is 13.0. The van der Waals surface area contributed by atoms with E-state index in [-0.39, 0.29) is 12.6 Å². The molecule has 0 radical (unpaired) electrons. The SMILES string of the molecule is CC(N)CNCC(O)COc1ccccc1. The first-order valence-corrected chi connectivity index (χ1v) is 5.50. The van der Waals surface area contributed by atoms with Crippen molar-refractivity contribution in [1.82, 2.24) is 5.32 Å². The molecule has 16 heavy (non-hydrogen) atoms. The quantitative estimate of drug-likeness (QED) is 0.625. The van der Waals surface area contributed by atoms with E-state index in [2.05, 4.69) is 5.32 Å². The monoisotopic (exact) mass is 224 g/mol. The third-order valence-electron chi connectivity index (χ3n) is 2.03. The molecule has 0 spiro atoms. The number of para-hydroxylation sites is 1. The fourth-order valence-corrected chi connectivity index (χ4v) is 1.25. The lowest BCUT2D eigenvalue weighted by Crippen LogP contribution is -2.37. The molecule has 0 aliphatic carbocycles. The normalized spacial score (nSPS) is 14.4. The molecule has 90 valence electrons. The lowest BCUT2D eigenvalue weighted by atomic mass is 10.3. The molecule has 1 aromatic rings. The van der Waals surface area contributed by atoms with Gasteiger partial charge in [0, 0.05) is 19.1 Å². The molecule has 2 unspecified atom stereocenters. The lowest BCUT2D eigenvalue weighted by molar-refractivity contribution is 0.106. The van der Waals surface area contributed by atoms with Crippen molar-refractivity contribution in [2.24, 2.45) is 5.73 Å². The molecule has 2 atom stereocenters. The molecule has 1 rings (SSSR count). The highest BCUT2D eigenvalue weighted by molar-refractivity contribution is 5.20. The Morgan fingerprint density at radius 1 is 1.31 bits per heavy atom. The van der Waals surface area contributed by atoms with Crippen LogP contribution in [0.4, 0.5) is 0 Å². The molecule has 0 bridgehead atoms. The first-order valence-electron chi connectivity index (χ1n) is 5.50. The Morgan fingerprint density at radius 3 is 2.62 bits per heavy atom. The predicted octanol–water partition coefficient (Wildman–Crippen LogP) is 0.363. The molecule has 0 heterocycles. The van der Waals surface area contributed by atoms with Crippen molar-refractivity contribution in [3.8, 4) is 5.75 Å². The van der Waals surface area contributed by atoms with E-state index in [1.165, 1.54) is 0 Å². The Hall–Kier alpha value is -1.10. The van der Waals surface area contributed by atoms with E-state index >= 15 is 0 Å². The molecular weight excluding hydrogens is 204 g/mol. The van der Waals surface area contributed by atoms with E-state index in [0.29, 0.717) is 13.1 Å². The minimum atomic E-state index is -0.515. The van der Waals surface area contributed by atoms with Gasteiger partial charge in [0.25, 0.3) is 0 Å². The van der Waals surface area contributed by atoms with Gasteiger partial charge in [-0.05, 0) is 19.1 Å². The summed E-state index contributed by atoms with van der Waals surface area (Å²) in [4.78, 5) is 0. The van der Waals surface area contributed by atoms with Crippen LogP contribution in [0, 0.1) is 0 Å². The highest BCUT2D eigenvalue weighted by atomic mass is 16.5. The number of nitrogens with two attached hydrogens (primary N) is 1. The standard InChI is InChI=1S/C12H20N2O2/c1-10(13)7-14-8-11(15)9-16-12-5-3-2-4-6-12/h2-6,10-11,14-15H,7-9,13H2,1H3. The topological polar surface area (TPSA) is 67.5 Å². The average Bonchev–Trinajstić information content (AvgIpc) is 2.27. The van der Waals surface area contributed by atoms with Crippen LogP contribution in [0.1, 0.15) is 6.92 Å². The van der Waals surface area contributed by atoms with Gasteiger partial charge < -0.3 is 20.9 Å². The van der Waals surface area contributed by atoms with Gasteiger partial charge in [-0.25, -0.2) is 0 Å². The van der Waals surface area contributed by atoms with E-state index in [0.717, 1.165) is 5.75 Å². The fraction of sp³-hybridized carbons (Fsp3) is 0.500. The Labute approximate surface area is 96.4 Å². The number of rotatable bonds is 7. The van der Waals surface area contributed by atoms with Crippen LogP contribution in [-0.2, 0) is 0 Å². The summed E-state index contributed by atoms with van der Waals surface area (Å²) >= 11 is 0. The Balaban J connectivity index is 2.13. The smallest absolute Gasteiger partial charge is 0.119 e. The fourth-order valence-electron chi connectivity index (χ4n) is 1.25. The maximum absolute atomic E-state index is 9.60. The van der Waals surface area contributed by atoms with E-state index in [4.69, 9.17) is 10.5 Å². The zero-order chi connectivity index (χ0) is 11.8. The van der Waals surface area contributed by atoms with Gasteiger partial charge in [0.1, 0.15) is 18.5 Å². The van der Waals surface area contributed by atoms with Crippen molar-refractivity contribution in [2.45, 2.75) is 19.1 Å². The molecule has 4 N–H and O–H groups in total. The minimum Gasteiger partial charge on any atom is -0.491 e. The van der Waals surface area contributed by atoms with Crippen LogP contribution in [0.5, 0.6) is 5.75 Å². The van der Waals surface area contributed by atoms with Crippen LogP contribution in [-0.4, -0.2) is 36.9 Å². The Kier molecular flexibility index (Phi) is 5.85. The van der Waals surface area contributed by atoms with Crippen LogP contribution >= 0.6 is 0 Å². The number of nitrogens with one attached hydrogen (secondary N) is 1. The number of hydrogen-bond donors (Lipinski definition) is 3. The van der Waals surface area contributed by atoms with Crippen LogP contribution in [0.2, 0.25) is 0 Å². The third kappa shape index (κ3) is 5.70. The van der Waals surface area contributed by atoms with Crippen molar-refractivity contribution >= 4 is 0 Å².